The van der Waals surface area contributed by atoms with Gasteiger partial charge in [-0.3, -0.25) is 4.79 Å². The average Bonchev–Trinajstić information content (AvgIpc) is 2.61. The standard InChI is InChI=1S/C18H23N5O/c1-22(2)10-8-19-18-20-11-16(12-21-18)17(24)23-9-7-14-5-3-4-6-15(14)13-23/h3-6,11-12H,7-10,13H2,1-2H3,(H,19,20,21). The molecule has 0 radical (unpaired) electrons. The zero-order valence-corrected chi connectivity index (χ0v) is 14.2. The van der Waals surface area contributed by atoms with Gasteiger partial charge in [0.2, 0.25) is 5.95 Å². The first-order valence-electron chi connectivity index (χ1n) is 8.20. The van der Waals surface area contributed by atoms with Gasteiger partial charge in [-0.05, 0) is 31.6 Å². The average molecular weight is 325 g/mol. The maximum absolute atomic E-state index is 12.6. The van der Waals surface area contributed by atoms with Crippen molar-refractivity contribution in [3.63, 3.8) is 0 Å². The van der Waals surface area contributed by atoms with Gasteiger partial charge >= 0.3 is 0 Å². The third-order valence-corrected chi connectivity index (χ3v) is 4.16. The summed E-state index contributed by atoms with van der Waals surface area (Å²) in [6, 6.07) is 8.29. The molecule has 2 aromatic rings. The Labute approximate surface area is 142 Å². The van der Waals surface area contributed by atoms with E-state index < -0.39 is 0 Å². The number of carbonyl (C=O) groups is 1. The van der Waals surface area contributed by atoms with Gasteiger partial charge in [-0.25, -0.2) is 9.97 Å². The second-order valence-electron chi connectivity index (χ2n) is 6.27. The summed E-state index contributed by atoms with van der Waals surface area (Å²) in [5, 5.41) is 3.15. The van der Waals surface area contributed by atoms with Crippen molar-refractivity contribution in [2.75, 3.05) is 39.0 Å². The molecule has 1 aliphatic heterocycles. The lowest BCUT2D eigenvalue weighted by Gasteiger charge is -2.28. The Kier molecular flexibility index (Phi) is 5.05. The first-order valence-corrected chi connectivity index (χ1v) is 8.20. The predicted molar refractivity (Wildman–Crippen MR) is 94.0 cm³/mol. The molecule has 1 amide bonds. The SMILES string of the molecule is CN(C)CCNc1ncc(C(=O)N2CCc3ccccc3C2)cn1. The fraction of sp³-hybridized carbons (Fsp3) is 0.389. The van der Waals surface area contributed by atoms with Gasteiger partial charge in [0.05, 0.1) is 5.56 Å². The Morgan fingerprint density at radius 1 is 1.21 bits per heavy atom. The van der Waals surface area contributed by atoms with Crippen molar-refractivity contribution >= 4 is 11.9 Å². The molecule has 6 nitrogen and oxygen atoms in total. The highest BCUT2D eigenvalue weighted by molar-refractivity contribution is 5.93. The fourth-order valence-electron chi connectivity index (χ4n) is 2.77. The monoisotopic (exact) mass is 325 g/mol. The molecule has 24 heavy (non-hydrogen) atoms. The lowest BCUT2D eigenvalue weighted by molar-refractivity contribution is 0.0734. The van der Waals surface area contributed by atoms with Crippen molar-refractivity contribution in [1.29, 1.82) is 0 Å². The number of aromatic nitrogens is 2. The van der Waals surface area contributed by atoms with E-state index in [1.165, 1.54) is 11.1 Å². The van der Waals surface area contributed by atoms with E-state index in [1.807, 2.05) is 31.1 Å². The van der Waals surface area contributed by atoms with Gasteiger partial charge in [0.1, 0.15) is 0 Å². The number of benzene rings is 1. The quantitative estimate of drug-likeness (QED) is 0.906. The largest absolute Gasteiger partial charge is 0.353 e. The number of hydrogen-bond donors (Lipinski definition) is 1. The molecule has 0 saturated carbocycles. The van der Waals surface area contributed by atoms with Crippen molar-refractivity contribution in [3.05, 3.63) is 53.3 Å². The molecular weight excluding hydrogens is 302 g/mol. The molecule has 0 unspecified atom stereocenters. The van der Waals surface area contributed by atoms with Crippen LogP contribution in [0.2, 0.25) is 0 Å². The van der Waals surface area contributed by atoms with Crippen LogP contribution in [0.3, 0.4) is 0 Å². The van der Waals surface area contributed by atoms with Crippen LogP contribution in [-0.4, -0.2) is 59.4 Å². The summed E-state index contributed by atoms with van der Waals surface area (Å²) in [5.41, 5.74) is 3.09. The minimum Gasteiger partial charge on any atom is -0.353 e. The smallest absolute Gasteiger partial charge is 0.257 e. The van der Waals surface area contributed by atoms with Crippen LogP contribution in [0.5, 0.6) is 0 Å². The third kappa shape index (κ3) is 3.89. The third-order valence-electron chi connectivity index (χ3n) is 4.16. The summed E-state index contributed by atoms with van der Waals surface area (Å²) in [7, 11) is 4.03. The Hall–Kier alpha value is -2.47. The maximum Gasteiger partial charge on any atom is 0.257 e. The second-order valence-corrected chi connectivity index (χ2v) is 6.27. The second kappa shape index (κ2) is 7.40. The number of fused-ring (bicyclic) bond motifs is 1. The number of likely N-dealkylation sites (N-methyl/N-ethyl adjacent to an activating group) is 1. The Bertz CT molecular complexity index is 699. The van der Waals surface area contributed by atoms with Crippen molar-refractivity contribution < 1.29 is 4.79 Å². The molecule has 0 fully saturated rings. The van der Waals surface area contributed by atoms with Crippen LogP contribution in [0.25, 0.3) is 0 Å². The number of nitrogens with zero attached hydrogens (tertiary/aromatic N) is 4. The van der Waals surface area contributed by atoms with Crippen molar-refractivity contribution in [3.8, 4) is 0 Å². The van der Waals surface area contributed by atoms with E-state index in [2.05, 4.69) is 32.3 Å². The molecular formula is C18H23N5O. The minimum absolute atomic E-state index is 0.00987. The van der Waals surface area contributed by atoms with Gasteiger partial charge in [-0.1, -0.05) is 24.3 Å². The Morgan fingerprint density at radius 3 is 2.62 bits per heavy atom. The molecule has 0 saturated heterocycles. The van der Waals surface area contributed by atoms with Crippen LogP contribution < -0.4 is 5.32 Å². The lowest BCUT2D eigenvalue weighted by Crippen LogP contribution is -2.36. The topological polar surface area (TPSA) is 61.4 Å². The van der Waals surface area contributed by atoms with Crippen LogP contribution in [0.4, 0.5) is 5.95 Å². The zero-order valence-electron chi connectivity index (χ0n) is 14.2. The Morgan fingerprint density at radius 2 is 1.92 bits per heavy atom. The van der Waals surface area contributed by atoms with Crippen LogP contribution in [0, 0.1) is 0 Å². The molecule has 2 heterocycles. The van der Waals surface area contributed by atoms with Gasteiger partial charge < -0.3 is 15.1 Å². The van der Waals surface area contributed by atoms with Crippen LogP contribution in [0.15, 0.2) is 36.7 Å². The highest BCUT2D eigenvalue weighted by Gasteiger charge is 2.21. The summed E-state index contributed by atoms with van der Waals surface area (Å²) in [5.74, 6) is 0.543. The van der Waals surface area contributed by atoms with Crippen molar-refractivity contribution in [2.45, 2.75) is 13.0 Å². The van der Waals surface area contributed by atoms with Crippen LogP contribution in [0.1, 0.15) is 21.5 Å². The van der Waals surface area contributed by atoms with Crippen LogP contribution >= 0.6 is 0 Å². The van der Waals surface area contributed by atoms with Gasteiger partial charge in [-0.2, -0.15) is 0 Å². The van der Waals surface area contributed by atoms with Gasteiger partial charge in [-0.15, -0.1) is 0 Å². The van der Waals surface area contributed by atoms with Crippen molar-refractivity contribution in [1.82, 2.24) is 19.8 Å². The van der Waals surface area contributed by atoms with Crippen LogP contribution in [-0.2, 0) is 13.0 Å². The predicted octanol–water partition coefficient (Wildman–Crippen LogP) is 1.65. The highest BCUT2D eigenvalue weighted by atomic mass is 16.2. The minimum atomic E-state index is -0.00987. The number of amides is 1. The Balaban J connectivity index is 1.61. The van der Waals surface area contributed by atoms with Gasteiger partial charge in [0.15, 0.2) is 0 Å². The number of hydrogen-bond acceptors (Lipinski definition) is 5. The van der Waals surface area contributed by atoms with Gasteiger partial charge in [0, 0.05) is 38.6 Å². The van der Waals surface area contributed by atoms with E-state index in [0.717, 1.165) is 26.1 Å². The maximum atomic E-state index is 12.6. The summed E-state index contributed by atoms with van der Waals surface area (Å²) < 4.78 is 0. The summed E-state index contributed by atoms with van der Waals surface area (Å²) in [6.45, 7) is 3.05. The first-order chi connectivity index (χ1) is 11.6. The summed E-state index contributed by atoms with van der Waals surface area (Å²) in [4.78, 5) is 25.1. The molecule has 0 bridgehead atoms. The lowest BCUT2D eigenvalue weighted by atomic mass is 9.99. The van der Waals surface area contributed by atoms with E-state index in [0.29, 0.717) is 18.1 Å². The summed E-state index contributed by atoms with van der Waals surface area (Å²) >= 11 is 0. The normalized spacial score (nSPS) is 13.7. The molecule has 1 aliphatic rings. The molecule has 3 rings (SSSR count). The van der Waals surface area contributed by atoms with E-state index in [4.69, 9.17) is 0 Å². The molecule has 1 aromatic carbocycles. The van der Waals surface area contributed by atoms with E-state index >= 15 is 0 Å². The fourth-order valence-corrected chi connectivity index (χ4v) is 2.77. The van der Waals surface area contributed by atoms with E-state index in [1.54, 1.807) is 12.4 Å². The molecule has 1 aromatic heterocycles. The summed E-state index contributed by atoms with van der Waals surface area (Å²) in [6.07, 6.45) is 4.11. The number of carbonyl (C=O) groups excluding carboxylic acids is 1. The molecule has 1 N–H and O–H groups in total. The molecule has 126 valence electrons. The van der Waals surface area contributed by atoms with Crippen molar-refractivity contribution in [2.24, 2.45) is 0 Å². The molecule has 0 spiro atoms. The van der Waals surface area contributed by atoms with E-state index in [-0.39, 0.29) is 5.91 Å². The highest BCUT2D eigenvalue weighted by Crippen LogP contribution is 2.20. The molecule has 0 aliphatic carbocycles. The van der Waals surface area contributed by atoms with Gasteiger partial charge in [0.25, 0.3) is 5.91 Å². The first kappa shape index (κ1) is 16.4. The molecule has 0 atom stereocenters. The number of rotatable bonds is 5. The number of nitrogens with one attached hydrogen (secondary N) is 1. The zero-order chi connectivity index (χ0) is 16.9. The van der Waals surface area contributed by atoms with E-state index in [9.17, 15) is 4.79 Å². The molecule has 6 heteroatoms. The number of anilines is 1.